The van der Waals surface area contributed by atoms with Crippen molar-refractivity contribution in [2.24, 2.45) is 4.99 Å². The number of amides is 1. The number of benzene rings is 2. The number of nitrogens with zero attached hydrogens (tertiary/aromatic N) is 1. The highest BCUT2D eigenvalue weighted by atomic mass is 79.9. The summed E-state index contributed by atoms with van der Waals surface area (Å²) in [4.78, 5) is 17.6. The molecular formula is C25H29BrN2O3S. The Bertz CT molecular complexity index is 1000. The lowest BCUT2D eigenvalue weighted by atomic mass is 10.1. The van der Waals surface area contributed by atoms with Gasteiger partial charge >= 0.3 is 0 Å². The molecule has 1 aliphatic heterocycles. The first-order valence-electron chi connectivity index (χ1n) is 11.0. The number of amidine groups is 1. The molecule has 0 aromatic heterocycles. The Balaban J connectivity index is 1.76. The van der Waals surface area contributed by atoms with E-state index < -0.39 is 0 Å². The van der Waals surface area contributed by atoms with Gasteiger partial charge in [0.2, 0.25) is 0 Å². The average Bonchev–Trinajstić information content (AvgIpc) is 3.10. The number of hydrogen-bond donors (Lipinski definition) is 1. The maximum Gasteiger partial charge on any atom is 0.264 e. The van der Waals surface area contributed by atoms with E-state index in [0.717, 1.165) is 28.6 Å². The summed E-state index contributed by atoms with van der Waals surface area (Å²) in [7, 11) is 0. The molecule has 2 aromatic rings. The zero-order valence-corrected chi connectivity index (χ0v) is 21.1. The zero-order valence-electron chi connectivity index (χ0n) is 18.7. The van der Waals surface area contributed by atoms with E-state index >= 15 is 0 Å². The summed E-state index contributed by atoms with van der Waals surface area (Å²) < 4.78 is 12.6. The monoisotopic (exact) mass is 516 g/mol. The summed E-state index contributed by atoms with van der Waals surface area (Å²) in [5.41, 5.74) is 2.83. The first-order valence-corrected chi connectivity index (χ1v) is 12.6. The Morgan fingerprint density at radius 2 is 1.88 bits per heavy atom. The van der Waals surface area contributed by atoms with Gasteiger partial charge < -0.3 is 14.8 Å². The molecule has 0 atom stereocenters. The Morgan fingerprint density at radius 3 is 2.59 bits per heavy atom. The quantitative estimate of drug-likeness (QED) is 0.272. The molecular weight excluding hydrogens is 488 g/mol. The van der Waals surface area contributed by atoms with Crippen LogP contribution in [0.1, 0.15) is 50.7 Å². The van der Waals surface area contributed by atoms with Crippen molar-refractivity contribution in [1.29, 1.82) is 0 Å². The normalized spacial score (nSPS) is 15.9. The molecule has 0 unspecified atom stereocenters. The smallest absolute Gasteiger partial charge is 0.264 e. The lowest BCUT2D eigenvalue weighted by Crippen LogP contribution is -2.19. The Kier molecular flexibility index (Phi) is 9.23. The molecule has 0 bridgehead atoms. The fraction of sp³-hybridized carbons (Fsp3) is 0.360. The van der Waals surface area contributed by atoms with Gasteiger partial charge in [0.05, 0.1) is 28.3 Å². The minimum atomic E-state index is -0.161. The van der Waals surface area contributed by atoms with Crippen LogP contribution in [0.15, 0.2) is 50.8 Å². The van der Waals surface area contributed by atoms with E-state index in [-0.39, 0.29) is 5.91 Å². The molecule has 1 saturated heterocycles. The van der Waals surface area contributed by atoms with Crippen LogP contribution in [0.3, 0.4) is 0 Å². The largest absolute Gasteiger partial charge is 0.490 e. The minimum absolute atomic E-state index is 0.161. The number of hydrogen-bond acceptors (Lipinski definition) is 5. The van der Waals surface area contributed by atoms with Gasteiger partial charge in [-0.15, -0.1) is 0 Å². The average molecular weight is 517 g/mol. The highest BCUT2D eigenvalue weighted by Gasteiger charge is 2.24. The molecule has 0 saturated carbocycles. The second kappa shape index (κ2) is 12.1. The zero-order chi connectivity index (χ0) is 22.9. The van der Waals surface area contributed by atoms with Gasteiger partial charge in [0.15, 0.2) is 16.7 Å². The predicted molar refractivity (Wildman–Crippen MR) is 137 cm³/mol. The topological polar surface area (TPSA) is 59.9 Å². The van der Waals surface area contributed by atoms with Crippen LogP contribution in [0.25, 0.3) is 6.08 Å². The first kappa shape index (κ1) is 24.4. The number of aliphatic imine (C=N–C) groups is 1. The summed E-state index contributed by atoms with van der Waals surface area (Å²) in [5.74, 6) is 1.21. The molecule has 7 heteroatoms. The van der Waals surface area contributed by atoms with E-state index in [1.165, 1.54) is 30.2 Å². The Labute approximate surface area is 202 Å². The Morgan fingerprint density at radius 1 is 1.09 bits per heavy atom. The van der Waals surface area contributed by atoms with E-state index in [2.05, 4.69) is 33.2 Å². The number of carbonyl (C=O) groups excluding carboxylic acids is 1. The molecule has 2 aromatic carbocycles. The third-order valence-electron chi connectivity index (χ3n) is 4.79. The van der Waals surface area contributed by atoms with Crippen LogP contribution < -0.4 is 14.8 Å². The van der Waals surface area contributed by atoms with Crippen molar-refractivity contribution in [3.05, 3.63) is 56.9 Å². The van der Waals surface area contributed by atoms with Crippen LogP contribution in [-0.2, 0) is 4.79 Å². The van der Waals surface area contributed by atoms with E-state index in [1.54, 1.807) is 0 Å². The molecule has 1 N–H and O–H groups in total. The van der Waals surface area contributed by atoms with Gasteiger partial charge in [-0.05, 0) is 83.9 Å². The second-order valence-electron chi connectivity index (χ2n) is 7.49. The van der Waals surface area contributed by atoms with Crippen LogP contribution in [0.4, 0.5) is 5.69 Å². The summed E-state index contributed by atoms with van der Waals surface area (Å²) in [5, 5.41) is 3.41. The number of rotatable bonds is 10. The maximum atomic E-state index is 12.5. The summed E-state index contributed by atoms with van der Waals surface area (Å²) in [6.07, 6.45) is 6.42. The maximum absolute atomic E-state index is 12.5. The Hall–Kier alpha value is -2.25. The predicted octanol–water partition coefficient (Wildman–Crippen LogP) is 7.01. The van der Waals surface area contributed by atoms with Gasteiger partial charge in [0.1, 0.15) is 0 Å². The lowest BCUT2D eigenvalue weighted by Gasteiger charge is -2.15. The van der Waals surface area contributed by atoms with Gasteiger partial charge in [-0.2, -0.15) is 0 Å². The van der Waals surface area contributed by atoms with Gasteiger partial charge in [0, 0.05) is 0 Å². The molecule has 1 fully saturated rings. The number of halogens is 1. The first-order chi connectivity index (χ1) is 15.5. The third kappa shape index (κ3) is 6.87. The summed E-state index contributed by atoms with van der Waals surface area (Å²) in [6, 6.07) is 11.7. The third-order valence-corrected chi connectivity index (χ3v) is 6.29. The fourth-order valence-corrected chi connectivity index (χ4v) is 4.56. The molecule has 0 radical (unpaired) electrons. The lowest BCUT2D eigenvalue weighted by molar-refractivity contribution is -0.115. The highest BCUT2D eigenvalue weighted by Crippen LogP contribution is 2.38. The molecule has 32 heavy (non-hydrogen) atoms. The van der Waals surface area contributed by atoms with Crippen LogP contribution in [0.2, 0.25) is 0 Å². The van der Waals surface area contributed by atoms with Crippen molar-refractivity contribution in [1.82, 2.24) is 5.32 Å². The molecule has 0 spiro atoms. The molecule has 3 rings (SSSR count). The fourth-order valence-electron chi connectivity index (χ4n) is 3.15. The van der Waals surface area contributed by atoms with Crippen molar-refractivity contribution >= 4 is 50.5 Å². The van der Waals surface area contributed by atoms with E-state index in [0.29, 0.717) is 34.8 Å². The van der Waals surface area contributed by atoms with Crippen molar-refractivity contribution in [3.8, 4) is 11.5 Å². The summed E-state index contributed by atoms with van der Waals surface area (Å²) >= 11 is 4.94. The van der Waals surface area contributed by atoms with Crippen molar-refractivity contribution in [2.45, 2.75) is 46.5 Å². The van der Waals surface area contributed by atoms with Gasteiger partial charge in [0.25, 0.3) is 5.91 Å². The molecule has 1 heterocycles. The van der Waals surface area contributed by atoms with Gasteiger partial charge in [-0.25, -0.2) is 4.99 Å². The van der Waals surface area contributed by atoms with E-state index in [9.17, 15) is 4.79 Å². The number of nitrogens with one attached hydrogen (secondary N) is 1. The number of ether oxygens (including phenoxy) is 2. The highest BCUT2D eigenvalue weighted by molar-refractivity contribution is 9.10. The van der Waals surface area contributed by atoms with Crippen LogP contribution >= 0.6 is 27.7 Å². The van der Waals surface area contributed by atoms with Gasteiger partial charge in [-0.3, -0.25) is 4.79 Å². The number of unbranched alkanes of at least 4 members (excludes halogenated alkanes) is 3. The van der Waals surface area contributed by atoms with Crippen molar-refractivity contribution in [3.63, 3.8) is 0 Å². The number of thioether (sulfide) groups is 1. The molecule has 0 aliphatic carbocycles. The number of aryl methyl sites for hydroxylation is 1. The van der Waals surface area contributed by atoms with Crippen molar-refractivity contribution < 1.29 is 14.3 Å². The van der Waals surface area contributed by atoms with E-state index in [4.69, 9.17) is 9.47 Å². The molecule has 5 nitrogen and oxygen atoms in total. The molecule has 1 amide bonds. The SMILES string of the molecule is CCCCCCOc1c(Br)cc(/C=C2/SC(=Nc3ccc(C)cc3)NC2=O)cc1OCC. The van der Waals surface area contributed by atoms with Crippen LogP contribution in [0.5, 0.6) is 11.5 Å². The standard InChI is InChI=1S/C25H29BrN2O3S/c1-4-6-7-8-13-31-23-20(26)14-18(15-21(23)30-5-2)16-22-24(29)28-25(32-22)27-19-11-9-17(3)10-12-19/h9-12,14-16H,4-8,13H2,1-3H3,(H,27,28,29)/b22-16+. The molecule has 1 aliphatic rings. The van der Waals surface area contributed by atoms with Crippen LogP contribution in [-0.4, -0.2) is 24.3 Å². The second-order valence-corrected chi connectivity index (χ2v) is 9.37. The number of carbonyl (C=O) groups is 1. The minimum Gasteiger partial charge on any atom is -0.490 e. The summed E-state index contributed by atoms with van der Waals surface area (Å²) in [6.45, 7) is 7.34. The van der Waals surface area contributed by atoms with Crippen molar-refractivity contribution in [2.75, 3.05) is 13.2 Å². The van der Waals surface area contributed by atoms with Crippen LogP contribution in [0, 0.1) is 6.92 Å². The molecule has 170 valence electrons. The van der Waals surface area contributed by atoms with Gasteiger partial charge in [-0.1, -0.05) is 43.9 Å². The van der Waals surface area contributed by atoms with E-state index in [1.807, 2.05) is 56.3 Å².